The number of carboxylic acid groups (broad SMARTS) is 2. The molecule has 0 amide bonds. The molecule has 0 bridgehead atoms. The third-order valence-corrected chi connectivity index (χ3v) is 1.89. The second-order valence-corrected chi connectivity index (χ2v) is 3.54. The molecular formula is C12H21K2LiO4. The van der Waals surface area contributed by atoms with E-state index in [1.165, 1.54) is 38.5 Å². The van der Waals surface area contributed by atoms with Crippen LogP contribution in [0.5, 0.6) is 0 Å². The van der Waals surface area contributed by atoms with E-state index in [1.807, 2.05) is 0 Å². The van der Waals surface area contributed by atoms with Gasteiger partial charge in [-0.15, -0.1) is 0 Å². The summed E-state index contributed by atoms with van der Waals surface area (Å²) in [4.78, 5) is 18.6. The van der Waals surface area contributed by atoms with Crippen molar-refractivity contribution in [3.05, 3.63) is 6.92 Å². The maximum absolute atomic E-state index is 9.28. The Balaban J connectivity index is -0.0000000607. The third kappa shape index (κ3) is 44.9. The quantitative estimate of drug-likeness (QED) is 0.193. The Bertz CT molecular complexity index is 175. The first-order valence-electron chi connectivity index (χ1n) is 5.73. The average Bonchev–Trinajstić information content (AvgIpc) is 2.16. The molecule has 0 aromatic heterocycles. The van der Waals surface area contributed by atoms with Crippen molar-refractivity contribution in [2.75, 3.05) is 0 Å². The summed E-state index contributed by atoms with van der Waals surface area (Å²) in [5, 5.41) is 18.6. The third-order valence-electron chi connectivity index (χ3n) is 1.89. The van der Waals surface area contributed by atoms with Crippen molar-refractivity contribution in [3.8, 4) is 0 Å². The topological polar surface area (TPSA) is 80.3 Å². The van der Waals surface area contributed by atoms with Crippen LogP contribution in [-0.4, -0.2) is 11.9 Å². The van der Waals surface area contributed by atoms with Gasteiger partial charge in [-0.1, -0.05) is 45.4 Å². The van der Waals surface area contributed by atoms with Gasteiger partial charge in [-0.25, -0.2) is 0 Å². The molecule has 0 N–H and O–H groups in total. The van der Waals surface area contributed by atoms with E-state index < -0.39 is 18.4 Å². The molecule has 96 valence electrons. The number of carboxylic acids is 2. The molecule has 0 fully saturated rings. The summed E-state index contributed by atoms with van der Waals surface area (Å²) in [5.74, 6) is -3.25. The summed E-state index contributed by atoms with van der Waals surface area (Å²) in [7, 11) is 0. The van der Waals surface area contributed by atoms with E-state index >= 15 is 0 Å². The van der Waals surface area contributed by atoms with E-state index in [9.17, 15) is 19.8 Å². The van der Waals surface area contributed by atoms with Crippen LogP contribution in [0, 0.1) is 6.92 Å². The first-order chi connectivity index (χ1) is 7.54. The molecule has 0 aliphatic carbocycles. The Labute approximate surface area is 214 Å². The van der Waals surface area contributed by atoms with Gasteiger partial charge in [-0.05, 0) is 0 Å². The van der Waals surface area contributed by atoms with Gasteiger partial charge in [-0.3, -0.25) is 0 Å². The van der Waals surface area contributed by atoms with Gasteiger partial charge >= 0.3 is 122 Å². The van der Waals surface area contributed by atoms with Crippen molar-refractivity contribution < 1.29 is 141 Å². The van der Waals surface area contributed by atoms with E-state index in [1.54, 1.807) is 0 Å². The van der Waals surface area contributed by atoms with Crippen molar-refractivity contribution in [2.24, 2.45) is 0 Å². The van der Waals surface area contributed by atoms with Crippen LogP contribution in [0.1, 0.15) is 58.3 Å². The number of aliphatic carboxylic acids is 2. The normalized spacial score (nSPS) is 7.68. The van der Waals surface area contributed by atoms with Crippen LogP contribution in [0.2, 0.25) is 0 Å². The van der Waals surface area contributed by atoms with Crippen LogP contribution < -0.4 is 132 Å². The van der Waals surface area contributed by atoms with E-state index in [0.29, 0.717) is 0 Å². The van der Waals surface area contributed by atoms with Gasteiger partial charge in [0.25, 0.3) is 0 Å². The molecule has 19 heavy (non-hydrogen) atoms. The van der Waals surface area contributed by atoms with Gasteiger partial charge in [0.05, 0.1) is 0 Å². The van der Waals surface area contributed by atoms with Crippen LogP contribution in [-0.2, 0) is 9.59 Å². The molecule has 4 nitrogen and oxygen atoms in total. The van der Waals surface area contributed by atoms with Gasteiger partial charge in [-0.2, -0.15) is 6.42 Å². The van der Waals surface area contributed by atoms with Crippen molar-refractivity contribution in [2.45, 2.75) is 58.3 Å². The first-order valence-corrected chi connectivity index (χ1v) is 5.73. The second kappa shape index (κ2) is 28.9. The minimum Gasteiger partial charge on any atom is -0.550 e. The fourth-order valence-electron chi connectivity index (χ4n) is 1.07. The Kier molecular flexibility index (Phi) is 50.8. The fourth-order valence-corrected chi connectivity index (χ4v) is 1.07. The molecule has 0 radical (unpaired) electrons. The number of unbranched alkanes of at least 4 members (excludes halogenated alkanes) is 6. The van der Waals surface area contributed by atoms with E-state index in [0.717, 1.165) is 6.42 Å². The van der Waals surface area contributed by atoms with Crippen LogP contribution in [0.15, 0.2) is 0 Å². The summed E-state index contributed by atoms with van der Waals surface area (Å²) >= 11 is 0. The molecule has 0 saturated carbocycles. The molecule has 0 aromatic rings. The number of carbonyl (C=O) groups is 2. The molecule has 0 heterocycles. The van der Waals surface area contributed by atoms with Crippen LogP contribution in [0.4, 0.5) is 0 Å². The van der Waals surface area contributed by atoms with E-state index in [4.69, 9.17) is 0 Å². The number of carbonyl (C=O) groups excluding carboxylic acids is 2. The summed E-state index contributed by atoms with van der Waals surface area (Å²) in [6.45, 7) is 6.05. The largest absolute Gasteiger partial charge is 1.00 e. The number of rotatable bonds is 8. The summed E-state index contributed by atoms with van der Waals surface area (Å²) in [6.07, 6.45) is 8.42. The molecule has 7 heteroatoms. The molecular weight excluding hydrogens is 293 g/mol. The molecule has 0 aliphatic rings. The Morgan fingerprint density at radius 3 is 1.53 bits per heavy atom. The summed E-state index contributed by atoms with van der Waals surface area (Å²) in [5.41, 5.74) is 0. The molecule has 0 unspecified atom stereocenters. The molecule has 0 aliphatic heterocycles. The van der Waals surface area contributed by atoms with Gasteiger partial charge in [0.1, 0.15) is 0 Å². The Morgan fingerprint density at radius 2 is 1.26 bits per heavy atom. The van der Waals surface area contributed by atoms with Gasteiger partial charge < -0.3 is 26.7 Å². The Morgan fingerprint density at radius 1 is 0.895 bits per heavy atom. The molecule has 0 rings (SSSR count). The van der Waals surface area contributed by atoms with Crippen LogP contribution in [0.25, 0.3) is 0 Å². The molecule has 0 aromatic carbocycles. The summed E-state index contributed by atoms with van der Waals surface area (Å²) < 4.78 is 0. The smallest absolute Gasteiger partial charge is 0.550 e. The SMILES string of the molecule is O=C([O-])CC(=O)[O-].[CH2-]CCCCCCCC.[K+].[K+].[Li+]. The van der Waals surface area contributed by atoms with E-state index in [2.05, 4.69) is 13.8 Å². The molecule has 0 spiro atoms. The molecule has 0 atom stereocenters. The maximum atomic E-state index is 9.28. The van der Waals surface area contributed by atoms with Crippen LogP contribution >= 0.6 is 0 Å². The monoisotopic (exact) mass is 314 g/mol. The van der Waals surface area contributed by atoms with Crippen molar-refractivity contribution in [1.82, 2.24) is 0 Å². The predicted molar refractivity (Wildman–Crippen MR) is 58.0 cm³/mol. The zero-order chi connectivity index (χ0) is 12.8. The van der Waals surface area contributed by atoms with Gasteiger partial charge in [0.15, 0.2) is 0 Å². The van der Waals surface area contributed by atoms with Gasteiger partial charge in [0, 0.05) is 18.4 Å². The first kappa shape index (κ1) is 33.4. The summed E-state index contributed by atoms with van der Waals surface area (Å²) in [6, 6.07) is 0. The minimum atomic E-state index is -1.63. The molecule has 0 saturated heterocycles. The minimum absolute atomic E-state index is 0. The Hall–Kier alpha value is 2.81. The zero-order valence-corrected chi connectivity index (χ0v) is 19.2. The van der Waals surface area contributed by atoms with Crippen molar-refractivity contribution >= 4 is 11.9 Å². The van der Waals surface area contributed by atoms with E-state index in [-0.39, 0.29) is 122 Å². The van der Waals surface area contributed by atoms with Crippen molar-refractivity contribution in [1.29, 1.82) is 0 Å². The number of hydrogen-bond acceptors (Lipinski definition) is 4. The average molecular weight is 314 g/mol. The standard InChI is InChI=1S/C9H19.C3H4O4.2K.Li/c1-3-5-7-9-8-6-4-2;4-2(5)1-3(6)7;;;/h1,3-9H2,2H3;1H2,(H,4,5)(H,6,7);;;/q-1;;3*+1/p-2. The van der Waals surface area contributed by atoms with Crippen LogP contribution in [0.3, 0.4) is 0 Å². The second-order valence-electron chi connectivity index (χ2n) is 3.54. The maximum Gasteiger partial charge on any atom is 1.00 e. The van der Waals surface area contributed by atoms with Crippen molar-refractivity contribution in [3.63, 3.8) is 0 Å². The van der Waals surface area contributed by atoms with Gasteiger partial charge in [0.2, 0.25) is 0 Å². The predicted octanol–water partition coefficient (Wildman–Crippen LogP) is -8.54. The fraction of sp³-hybridized carbons (Fsp3) is 0.750. The number of hydrogen-bond donors (Lipinski definition) is 0. The zero-order valence-electron chi connectivity index (χ0n) is 13.0.